The van der Waals surface area contributed by atoms with Crippen LogP contribution in [-0.2, 0) is 0 Å². The molecule has 0 aliphatic heterocycles. The minimum atomic E-state index is 0.644. The van der Waals surface area contributed by atoms with Gasteiger partial charge in [-0.1, -0.05) is 53.4 Å². The average Bonchev–Trinajstić information content (AvgIpc) is 2.16. The van der Waals surface area contributed by atoms with E-state index in [4.69, 9.17) is 0 Å². The number of rotatable bonds is 9. The Morgan fingerprint density at radius 1 is 1.00 bits per heavy atom. The maximum absolute atomic E-state index is 3.48. The van der Waals surface area contributed by atoms with Crippen LogP contribution in [0.4, 0.5) is 0 Å². The van der Waals surface area contributed by atoms with E-state index in [1.165, 1.54) is 45.1 Å². The first kappa shape index (κ1) is 14.0. The molecule has 0 saturated carbocycles. The summed E-state index contributed by atoms with van der Waals surface area (Å²) in [6.07, 6.45) is 8.32. The fourth-order valence-corrected chi connectivity index (χ4v) is 1.83. The van der Waals surface area contributed by atoms with Crippen LogP contribution in [0.2, 0.25) is 0 Å². The lowest BCUT2D eigenvalue weighted by Gasteiger charge is -2.15. The standard InChI is InChI=1S/C13H29N/c1-5-7-9-13(6-2)10-8-11-14-12(3)4/h12-14H,5-11H2,1-4H3. The van der Waals surface area contributed by atoms with Crippen molar-refractivity contribution in [1.82, 2.24) is 5.32 Å². The molecule has 0 rings (SSSR count). The van der Waals surface area contributed by atoms with Crippen LogP contribution >= 0.6 is 0 Å². The summed E-state index contributed by atoms with van der Waals surface area (Å²) in [7, 11) is 0. The molecule has 0 aromatic carbocycles. The van der Waals surface area contributed by atoms with Crippen molar-refractivity contribution in [1.29, 1.82) is 0 Å². The van der Waals surface area contributed by atoms with Gasteiger partial charge in [-0.05, 0) is 25.3 Å². The molecule has 0 saturated heterocycles. The highest BCUT2D eigenvalue weighted by Gasteiger charge is 2.04. The third-order valence-corrected chi connectivity index (χ3v) is 2.89. The largest absolute Gasteiger partial charge is 0.315 e. The fraction of sp³-hybridized carbons (Fsp3) is 1.00. The Labute approximate surface area is 90.7 Å². The van der Waals surface area contributed by atoms with Crippen molar-refractivity contribution < 1.29 is 0 Å². The highest BCUT2D eigenvalue weighted by molar-refractivity contribution is 4.60. The molecule has 86 valence electrons. The van der Waals surface area contributed by atoms with Crippen LogP contribution in [0.3, 0.4) is 0 Å². The highest BCUT2D eigenvalue weighted by Crippen LogP contribution is 2.17. The zero-order valence-corrected chi connectivity index (χ0v) is 10.6. The quantitative estimate of drug-likeness (QED) is 0.554. The molecule has 0 spiro atoms. The summed E-state index contributed by atoms with van der Waals surface area (Å²) >= 11 is 0. The molecule has 14 heavy (non-hydrogen) atoms. The van der Waals surface area contributed by atoms with Crippen molar-refractivity contribution in [2.75, 3.05) is 6.54 Å². The summed E-state index contributed by atoms with van der Waals surface area (Å²) in [6, 6.07) is 0.644. The summed E-state index contributed by atoms with van der Waals surface area (Å²) in [5, 5.41) is 3.48. The van der Waals surface area contributed by atoms with Gasteiger partial charge in [0, 0.05) is 6.04 Å². The van der Waals surface area contributed by atoms with E-state index in [0.717, 1.165) is 5.92 Å². The van der Waals surface area contributed by atoms with E-state index in [-0.39, 0.29) is 0 Å². The Balaban J connectivity index is 3.33. The van der Waals surface area contributed by atoms with E-state index in [0.29, 0.717) is 6.04 Å². The predicted octanol–water partition coefficient (Wildman–Crippen LogP) is 3.98. The first-order valence-corrected chi connectivity index (χ1v) is 6.44. The molecule has 1 N–H and O–H groups in total. The van der Waals surface area contributed by atoms with Crippen molar-refractivity contribution >= 4 is 0 Å². The second kappa shape index (κ2) is 9.51. The molecular weight excluding hydrogens is 170 g/mol. The van der Waals surface area contributed by atoms with E-state index >= 15 is 0 Å². The molecule has 0 fully saturated rings. The Morgan fingerprint density at radius 2 is 1.64 bits per heavy atom. The molecule has 0 aromatic rings. The summed E-state index contributed by atoms with van der Waals surface area (Å²) in [4.78, 5) is 0. The van der Waals surface area contributed by atoms with Gasteiger partial charge in [-0.25, -0.2) is 0 Å². The van der Waals surface area contributed by atoms with Crippen molar-refractivity contribution in [2.45, 2.75) is 72.3 Å². The van der Waals surface area contributed by atoms with Crippen molar-refractivity contribution in [3.8, 4) is 0 Å². The molecule has 0 heterocycles. The van der Waals surface area contributed by atoms with Gasteiger partial charge in [-0.3, -0.25) is 0 Å². The van der Waals surface area contributed by atoms with Crippen LogP contribution in [0, 0.1) is 5.92 Å². The van der Waals surface area contributed by atoms with Gasteiger partial charge in [0.25, 0.3) is 0 Å². The molecule has 0 bridgehead atoms. The normalized spacial score (nSPS) is 13.5. The molecule has 0 aliphatic rings. The molecule has 1 atom stereocenters. The Bertz CT molecular complexity index is 110. The molecule has 1 heteroatoms. The van der Waals surface area contributed by atoms with Gasteiger partial charge in [0.15, 0.2) is 0 Å². The maximum atomic E-state index is 3.48. The van der Waals surface area contributed by atoms with Gasteiger partial charge in [-0.15, -0.1) is 0 Å². The number of hydrogen-bond acceptors (Lipinski definition) is 1. The van der Waals surface area contributed by atoms with E-state index < -0.39 is 0 Å². The smallest absolute Gasteiger partial charge is 0.00103 e. The van der Waals surface area contributed by atoms with Gasteiger partial charge in [-0.2, -0.15) is 0 Å². The zero-order valence-electron chi connectivity index (χ0n) is 10.6. The van der Waals surface area contributed by atoms with Gasteiger partial charge in [0.05, 0.1) is 0 Å². The second-order valence-electron chi connectivity index (χ2n) is 4.67. The molecule has 0 amide bonds. The van der Waals surface area contributed by atoms with E-state index in [1.54, 1.807) is 0 Å². The van der Waals surface area contributed by atoms with Crippen LogP contribution in [0.25, 0.3) is 0 Å². The zero-order chi connectivity index (χ0) is 10.8. The summed E-state index contributed by atoms with van der Waals surface area (Å²) in [5.41, 5.74) is 0. The lowest BCUT2D eigenvalue weighted by molar-refractivity contribution is 0.400. The maximum Gasteiger partial charge on any atom is 0.00103 e. The van der Waals surface area contributed by atoms with Crippen LogP contribution in [-0.4, -0.2) is 12.6 Å². The molecule has 0 aliphatic carbocycles. The number of unbranched alkanes of at least 4 members (excludes halogenated alkanes) is 1. The van der Waals surface area contributed by atoms with E-state index in [2.05, 4.69) is 33.0 Å². The number of hydrogen-bond donors (Lipinski definition) is 1. The van der Waals surface area contributed by atoms with Crippen LogP contribution in [0.1, 0.15) is 66.2 Å². The SMILES string of the molecule is CCCCC(CC)CCCNC(C)C. The molecule has 1 nitrogen and oxygen atoms in total. The van der Waals surface area contributed by atoms with E-state index in [1.807, 2.05) is 0 Å². The Morgan fingerprint density at radius 3 is 2.14 bits per heavy atom. The minimum absolute atomic E-state index is 0.644. The van der Waals surface area contributed by atoms with Crippen molar-refractivity contribution in [2.24, 2.45) is 5.92 Å². The second-order valence-corrected chi connectivity index (χ2v) is 4.67. The third kappa shape index (κ3) is 8.55. The summed E-state index contributed by atoms with van der Waals surface area (Å²) < 4.78 is 0. The lowest BCUT2D eigenvalue weighted by Crippen LogP contribution is -2.24. The van der Waals surface area contributed by atoms with Gasteiger partial charge in [0.2, 0.25) is 0 Å². The first-order chi connectivity index (χ1) is 6.70. The highest BCUT2D eigenvalue weighted by atomic mass is 14.9. The monoisotopic (exact) mass is 199 g/mol. The first-order valence-electron chi connectivity index (χ1n) is 6.44. The van der Waals surface area contributed by atoms with Crippen LogP contribution < -0.4 is 5.32 Å². The molecule has 0 aromatic heterocycles. The Kier molecular flexibility index (Phi) is 9.49. The topological polar surface area (TPSA) is 12.0 Å². The van der Waals surface area contributed by atoms with Gasteiger partial charge in [0.1, 0.15) is 0 Å². The van der Waals surface area contributed by atoms with Gasteiger partial charge < -0.3 is 5.32 Å². The van der Waals surface area contributed by atoms with Crippen molar-refractivity contribution in [3.63, 3.8) is 0 Å². The molecule has 1 unspecified atom stereocenters. The lowest BCUT2D eigenvalue weighted by atomic mass is 9.94. The fourth-order valence-electron chi connectivity index (χ4n) is 1.83. The Hall–Kier alpha value is -0.0400. The summed E-state index contributed by atoms with van der Waals surface area (Å²) in [5.74, 6) is 0.976. The summed E-state index contributed by atoms with van der Waals surface area (Å²) in [6.45, 7) is 10.2. The van der Waals surface area contributed by atoms with E-state index in [9.17, 15) is 0 Å². The van der Waals surface area contributed by atoms with Crippen molar-refractivity contribution in [3.05, 3.63) is 0 Å². The minimum Gasteiger partial charge on any atom is -0.315 e. The average molecular weight is 199 g/mol. The molecular formula is C13H29N. The molecule has 0 radical (unpaired) electrons. The van der Waals surface area contributed by atoms with Gasteiger partial charge >= 0.3 is 0 Å². The third-order valence-electron chi connectivity index (χ3n) is 2.89. The van der Waals surface area contributed by atoms with Crippen LogP contribution in [0.5, 0.6) is 0 Å². The predicted molar refractivity (Wildman–Crippen MR) is 65.7 cm³/mol. The number of nitrogens with one attached hydrogen (secondary N) is 1. The van der Waals surface area contributed by atoms with Crippen LogP contribution in [0.15, 0.2) is 0 Å².